The van der Waals surface area contributed by atoms with Crippen LogP contribution in [0, 0.1) is 0 Å². The van der Waals surface area contributed by atoms with Gasteiger partial charge in [0.25, 0.3) is 0 Å². The average Bonchev–Trinajstić information content (AvgIpc) is 2.54. The minimum atomic E-state index is 0.254. The van der Waals surface area contributed by atoms with E-state index in [9.17, 15) is 0 Å². The topological polar surface area (TPSA) is 30.5 Å². The molecule has 0 radical (unpaired) electrons. The number of benzene rings is 1. The van der Waals surface area contributed by atoms with Gasteiger partial charge in [0.1, 0.15) is 5.75 Å². The summed E-state index contributed by atoms with van der Waals surface area (Å²) in [5, 5.41) is 3.48. The Morgan fingerprint density at radius 3 is 3.00 bits per heavy atom. The summed E-state index contributed by atoms with van der Waals surface area (Å²) in [6, 6.07) is 4.45. The molecule has 1 aliphatic rings. The first-order valence-electron chi connectivity index (χ1n) is 6.52. The molecule has 1 aromatic carbocycles. The zero-order valence-electron chi connectivity index (χ0n) is 11.0. The molecule has 0 saturated heterocycles. The predicted molar refractivity (Wildman–Crippen MR) is 76.3 cm³/mol. The quantitative estimate of drug-likeness (QED) is 0.926. The summed E-state index contributed by atoms with van der Waals surface area (Å²) in [5.41, 5.74) is 2.63. The molecule has 1 aliphatic heterocycles. The van der Waals surface area contributed by atoms with Crippen LogP contribution in [0.1, 0.15) is 31.0 Å². The van der Waals surface area contributed by atoms with Crippen LogP contribution in [0.2, 0.25) is 0 Å². The van der Waals surface area contributed by atoms with Crippen molar-refractivity contribution >= 4 is 15.9 Å². The maximum absolute atomic E-state index is 5.67. The Bertz CT molecular complexity index is 409. The molecule has 18 heavy (non-hydrogen) atoms. The maximum atomic E-state index is 5.67. The molecule has 3 nitrogen and oxygen atoms in total. The van der Waals surface area contributed by atoms with Gasteiger partial charge in [0.15, 0.2) is 0 Å². The van der Waals surface area contributed by atoms with Gasteiger partial charge in [0, 0.05) is 4.47 Å². The normalized spacial score (nSPS) is 19.2. The van der Waals surface area contributed by atoms with Crippen LogP contribution >= 0.6 is 15.9 Å². The van der Waals surface area contributed by atoms with Crippen molar-refractivity contribution in [2.75, 3.05) is 26.4 Å². The highest BCUT2D eigenvalue weighted by molar-refractivity contribution is 9.10. The highest BCUT2D eigenvalue weighted by atomic mass is 79.9. The van der Waals surface area contributed by atoms with Crippen molar-refractivity contribution in [3.63, 3.8) is 0 Å². The van der Waals surface area contributed by atoms with E-state index in [1.165, 1.54) is 11.1 Å². The van der Waals surface area contributed by atoms with Crippen LogP contribution < -0.4 is 10.1 Å². The zero-order chi connectivity index (χ0) is 13.0. The summed E-state index contributed by atoms with van der Waals surface area (Å²) in [6.07, 6.45) is 0.949. The van der Waals surface area contributed by atoms with Crippen LogP contribution in [-0.2, 0) is 11.2 Å². The Labute approximate surface area is 117 Å². The number of halogens is 1. The van der Waals surface area contributed by atoms with E-state index in [1.807, 2.05) is 6.92 Å². The summed E-state index contributed by atoms with van der Waals surface area (Å²) in [6.45, 7) is 7.25. The first-order valence-corrected chi connectivity index (χ1v) is 7.31. The summed E-state index contributed by atoms with van der Waals surface area (Å²) in [7, 11) is 0. The van der Waals surface area contributed by atoms with E-state index in [0.29, 0.717) is 6.61 Å². The summed E-state index contributed by atoms with van der Waals surface area (Å²) < 4.78 is 12.4. The van der Waals surface area contributed by atoms with Gasteiger partial charge in [0.05, 0.1) is 25.9 Å². The molecule has 0 saturated carbocycles. The second kappa shape index (κ2) is 6.55. The van der Waals surface area contributed by atoms with Crippen molar-refractivity contribution in [3.05, 3.63) is 27.7 Å². The van der Waals surface area contributed by atoms with Gasteiger partial charge < -0.3 is 14.8 Å². The Morgan fingerprint density at radius 1 is 1.44 bits per heavy atom. The standard InChI is InChI=1S/C14H20BrNO2/c1-3-16-14-9-17-6-5-11-12(14)7-10(18-4-2)8-13(11)15/h7-8,14,16H,3-6,9H2,1-2H3. The molecular weight excluding hydrogens is 294 g/mol. The fourth-order valence-corrected chi connectivity index (χ4v) is 2.99. The fraction of sp³-hybridized carbons (Fsp3) is 0.571. The highest BCUT2D eigenvalue weighted by Crippen LogP contribution is 2.33. The lowest BCUT2D eigenvalue weighted by atomic mass is 9.99. The van der Waals surface area contributed by atoms with Crippen LogP contribution in [-0.4, -0.2) is 26.4 Å². The summed E-state index contributed by atoms with van der Waals surface area (Å²) in [4.78, 5) is 0. The van der Waals surface area contributed by atoms with Crippen LogP contribution in [0.15, 0.2) is 16.6 Å². The molecule has 1 unspecified atom stereocenters. The monoisotopic (exact) mass is 313 g/mol. The van der Waals surface area contributed by atoms with E-state index in [1.54, 1.807) is 0 Å². The second-order valence-electron chi connectivity index (χ2n) is 4.34. The summed E-state index contributed by atoms with van der Waals surface area (Å²) in [5.74, 6) is 0.924. The molecule has 0 spiro atoms. The molecule has 0 amide bonds. The van der Waals surface area contributed by atoms with E-state index in [2.05, 4.69) is 40.3 Å². The van der Waals surface area contributed by atoms with Gasteiger partial charge in [-0.1, -0.05) is 22.9 Å². The molecule has 1 N–H and O–H groups in total. The van der Waals surface area contributed by atoms with Crippen LogP contribution in [0.3, 0.4) is 0 Å². The number of rotatable bonds is 4. The van der Waals surface area contributed by atoms with Gasteiger partial charge in [-0.2, -0.15) is 0 Å². The number of likely N-dealkylation sites (N-methyl/N-ethyl adjacent to an activating group) is 1. The molecule has 100 valence electrons. The Balaban J connectivity index is 2.39. The molecule has 1 atom stereocenters. The molecule has 0 aromatic heterocycles. The highest BCUT2D eigenvalue weighted by Gasteiger charge is 2.21. The minimum Gasteiger partial charge on any atom is -0.494 e. The van der Waals surface area contributed by atoms with Crippen molar-refractivity contribution < 1.29 is 9.47 Å². The van der Waals surface area contributed by atoms with E-state index in [4.69, 9.17) is 9.47 Å². The van der Waals surface area contributed by atoms with Gasteiger partial charge in [-0.15, -0.1) is 0 Å². The third kappa shape index (κ3) is 3.05. The third-order valence-corrected chi connectivity index (χ3v) is 3.83. The predicted octanol–water partition coefficient (Wildman–Crippen LogP) is 3.07. The number of ether oxygens (including phenoxy) is 2. The first-order chi connectivity index (χ1) is 8.76. The van der Waals surface area contributed by atoms with Crippen molar-refractivity contribution in [2.45, 2.75) is 26.3 Å². The smallest absolute Gasteiger partial charge is 0.120 e. The lowest BCUT2D eigenvalue weighted by Crippen LogP contribution is -2.25. The van der Waals surface area contributed by atoms with E-state index in [0.717, 1.165) is 36.4 Å². The SMILES string of the molecule is CCNC1COCCc2c(Br)cc(OCC)cc21. The molecule has 2 rings (SSSR count). The molecule has 0 bridgehead atoms. The van der Waals surface area contributed by atoms with Crippen LogP contribution in [0.4, 0.5) is 0 Å². The lowest BCUT2D eigenvalue weighted by Gasteiger charge is -2.19. The van der Waals surface area contributed by atoms with Crippen molar-refractivity contribution in [2.24, 2.45) is 0 Å². The maximum Gasteiger partial charge on any atom is 0.120 e. The minimum absolute atomic E-state index is 0.254. The number of hydrogen-bond acceptors (Lipinski definition) is 3. The molecule has 0 aliphatic carbocycles. The molecule has 0 fully saturated rings. The first kappa shape index (κ1) is 13.8. The van der Waals surface area contributed by atoms with Crippen LogP contribution in [0.25, 0.3) is 0 Å². The number of nitrogens with one attached hydrogen (secondary N) is 1. The Kier molecular flexibility index (Phi) is 5.03. The lowest BCUT2D eigenvalue weighted by molar-refractivity contribution is 0.122. The van der Waals surface area contributed by atoms with E-state index >= 15 is 0 Å². The zero-order valence-corrected chi connectivity index (χ0v) is 12.5. The Morgan fingerprint density at radius 2 is 2.28 bits per heavy atom. The fourth-order valence-electron chi connectivity index (χ4n) is 2.34. The molecular formula is C14H20BrNO2. The second-order valence-corrected chi connectivity index (χ2v) is 5.20. The van der Waals surface area contributed by atoms with Crippen molar-refractivity contribution in [1.82, 2.24) is 5.32 Å². The van der Waals surface area contributed by atoms with Gasteiger partial charge in [-0.3, -0.25) is 0 Å². The van der Waals surface area contributed by atoms with E-state index < -0.39 is 0 Å². The van der Waals surface area contributed by atoms with Gasteiger partial charge in [-0.05, 0) is 43.1 Å². The molecule has 1 aromatic rings. The molecule has 4 heteroatoms. The van der Waals surface area contributed by atoms with Crippen molar-refractivity contribution in [3.8, 4) is 5.75 Å². The number of fused-ring (bicyclic) bond motifs is 1. The van der Waals surface area contributed by atoms with Crippen LogP contribution in [0.5, 0.6) is 5.75 Å². The van der Waals surface area contributed by atoms with Gasteiger partial charge in [-0.25, -0.2) is 0 Å². The third-order valence-electron chi connectivity index (χ3n) is 3.12. The Hall–Kier alpha value is -0.580. The molecule has 1 heterocycles. The summed E-state index contributed by atoms with van der Waals surface area (Å²) >= 11 is 3.65. The average molecular weight is 314 g/mol. The van der Waals surface area contributed by atoms with Gasteiger partial charge in [0.2, 0.25) is 0 Å². The largest absolute Gasteiger partial charge is 0.494 e. The number of hydrogen-bond donors (Lipinski definition) is 1. The van der Waals surface area contributed by atoms with Crippen molar-refractivity contribution in [1.29, 1.82) is 0 Å². The van der Waals surface area contributed by atoms with E-state index in [-0.39, 0.29) is 6.04 Å². The van der Waals surface area contributed by atoms with Gasteiger partial charge >= 0.3 is 0 Å².